The number of rotatable bonds is 10. The fourth-order valence-electron chi connectivity index (χ4n) is 4.29. The molecule has 1 amide bonds. The van der Waals surface area contributed by atoms with E-state index in [1.807, 2.05) is 67.9 Å². The van der Waals surface area contributed by atoms with E-state index in [0.29, 0.717) is 41.3 Å². The van der Waals surface area contributed by atoms with E-state index >= 15 is 0 Å². The van der Waals surface area contributed by atoms with Crippen LogP contribution in [0.5, 0.6) is 17.2 Å². The third-order valence-corrected chi connectivity index (χ3v) is 6.86. The van der Waals surface area contributed by atoms with Gasteiger partial charge in [-0.25, -0.2) is 14.8 Å². The van der Waals surface area contributed by atoms with Gasteiger partial charge in [-0.05, 0) is 75.9 Å². The molecule has 2 heterocycles. The first-order chi connectivity index (χ1) is 18.7. The van der Waals surface area contributed by atoms with Crippen molar-refractivity contribution in [1.29, 1.82) is 0 Å². The maximum Gasteiger partial charge on any atom is 0.407 e. The molecule has 1 saturated carbocycles. The maximum absolute atomic E-state index is 11.8. The minimum atomic E-state index is -0.956. The smallest absolute Gasteiger partial charge is 0.407 e. The van der Waals surface area contributed by atoms with Crippen LogP contribution in [0.4, 0.5) is 16.3 Å². The first-order valence-electron chi connectivity index (χ1n) is 12.9. The van der Waals surface area contributed by atoms with Crippen LogP contribution in [0.2, 0.25) is 5.02 Å². The number of carboxylic acid groups (broad SMARTS) is 1. The number of anilines is 2. The van der Waals surface area contributed by atoms with Crippen molar-refractivity contribution in [3.05, 3.63) is 66.1 Å². The van der Waals surface area contributed by atoms with Crippen LogP contribution in [0.3, 0.4) is 0 Å². The average Bonchev–Trinajstić information content (AvgIpc) is 3.62. The van der Waals surface area contributed by atoms with Crippen LogP contribution in [0, 0.1) is 5.92 Å². The number of nitrogens with one attached hydrogen (secondary N) is 1. The van der Waals surface area contributed by atoms with Crippen molar-refractivity contribution < 1.29 is 19.4 Å². The van der Waals surface area contributed by atoms with Gasteiger partial charge in [-0.15, -0.1) is 0 Å². The lowest BCUT2D eigenvalue weighted by atomic mass is 10.1. The van der Waals surface area contributed by atoms with E-state index in [-0.39, 0.29) is 0 Å². The zero-order chi connectivity index (χ0) is 27.6. The van der Waals surface area contributed by atoms with E-state index in [0.717, 1.165) is 29.1 Å². The number of ether oxygens (including phenoxy) is 2. The highest BCUT2D eigenvalue weighted by molar-refractivity contribution is 6.32. The monoisotopic (exact) mass is 549 g/mol. The predicted octanol–water partition coefficient (Wildman–Crippen LogP) is 7.19. The number of aromatic nitrogens is 3. The Morgan fingerprint density at radius 1 is 1.15 bits per heavy atom. The van der Waals surface area contributed by atoms with Crippen LogP contribution in [0.1, 0.15) is 33.6 Å². The van der Waals surface area contributed by atoms with Crippen molar-refractivity contribution >= 4 is 40.2 Å². The molecule has 2 N–H and O–H groups in total. The van der Waals surface area contributed by atoms with E-state index in [2.05, 4.69) is 15.3 Å². The van der Waals surface area contributed by atoms with Crippen LogP contribution in [-0.2, 0) is 6.54 Å². The summed E-state index contributed by atoms with van der Waals surface area (Å²) in [6.45, 7) is 7.14. The number of fused-ring (bicyclic) bond motifs is 1. The van der Waals surface area contributed by atoms with Crippen molar-refractivity contribution in [2.45, 2.75) is 45.7 Å². The topological polar surface area (TPSA) is 102 Å². The first-order valence-corrected chi connectivity index (χ1v) is 13.3. The van der Waals surface area contributed by atoms with Crippen molar-refractivity contribution in [3.63, 3.8) is 0 Å². The Labute approximate surface area is 232 Å². The number of halogens is 1. The van der Waals surface area contributed by atoms with Gasteiger partial charge in [-0.1, -0.05) is 17.7 Å². The predicted molar refractivity (Wildman–Crippen MR) is 151 cm³/mol. The number of nitrogens with zero attached hydrogens (tertiary/aromatic N) is 4. The van der Waals surface area contributed by atoms with Crippen LogP contribution >= 0.6 is 11.6 Å². The molecule has 204 valence electrons. The summed E-state index contributed by atoms with van der Waals surface area (Å²) in [5.74, 6) is 3.21. The lowest BCUT2D eigenvalue weighted by Crippen LogP contribution is -2.46. The summed E-state index contributed by atoms with van der Waals surface area (Å²) in [5.41, 5.74) is 1.73. The Morgan fingerprint density at radius 3 is 2.67 bits per heavy atom. The molecule has 1 aliphatic carbocycles. The third kappa shape index (κ3) is 6.54. The molecule has 5 rings (SSSR count). The summed E-state index contributed by atoms with van der Waals surface area (Å²) < 4.78 is 13.8. The zero-order valence-electron chi connectivity index (χ0n) is 22.2. The Balaban J connectivity index is 1.31. The standard InChI is InChI=1S/C29H32ClN5O4/c1-29(2,3)35(28(36)37)14-13-34-12-11-24-26(34)27(32-18-31-24)33-20-9-10-25(23(30)15-20)39-22-6-4-5-21(16-22)38-17-19-7-8-19/h4-6,9-12,15-16,18-19H,7-8,13-14,17H2,1-3H3,(H,36,37)(H,31,32,33). The van der Waals surface area contributed by atoms with E-state index in [1.54, 1.807) is 12.1 Å². The highest BCUT2D eigenvalue weighted by Gasteiger charge is 2.26. The van der Waals surface area contributed by atoms with Gasteiger partial charge in [0.2, 0.25) is 0 Å². The summed E-state index contributed by atoms with van der Waals surface area (Å²) in [7, 11) is 0. The van der Waals surface area contributed by atoms with Crippen LogP contribution < -0.4 is 14.8 Å². The van der Waals surface area contributed by atoms with E-state index < -0.39 is 11.6 Å². The number of amides is 1. The maximum atomic E-state index is 11.8. The molecule has 0 aliphatic heterocycles. The SMILES string of the molecule is CC(C)(C)N(CCn1ccc2ncnc(Nc3ccc(Oc4cccc(OCC5CC5)c4)c(Cl)c3)c21)C(=O)O. The van der Waals surface area contributed by atoms with Crippen LogP contribution in [-0.4, -0.2) is 49.3 Å². The van der Waals surface area contributed by atoms with E-state index in [1.165, 1.54) is 24.1 Å². The number of carbonyl (C=O) groups is 1. The molecule has 10 heteroatoms. The van der Waals surface area contributed by atoms with Gasteiger partial charge in [-0.3, -0.25) is 0 Å². The van der Waals surface area contributed by atoms with Gasteiger partial charge in [-0.2, -0.15) is 0 Å². The molecule has 0 bridgehead atoms. The van der Waals surface area contributed by atoms with Gasteiger partial charge in [0.1, 0.15) is 29.1 Å². The van der Waals surface area contributed by atoms with Gasteiger partial charge in [0.15, 0.2) is 5.82 Å². The summed E-state index contributed by atoms with van der Waals surface area (Å²) in [6, 6.07) is 14.9. The Kier molecular flexibility index (Phi) is 7.52. The third-order valence-electron chi connectivity index (χ3n) is 6.57. The molecule has 1 fully saturated rings. The molecule has 2 aromatic carbocycles. The fourth-order valence-corrected chi connectivity index (χ4v) is 4.51. The Hall–Kier alpha value is -3.98. The molecule has 4 aromatic rings. The second-order valence-electron chi connectivity index (χ2n) is 10.7. The zero-order valence-corrected chi connectivity index (χ0v) is 23.0. The van der Waals surface area contributed by atoms with Crippen molar-refractivity contribution in [2.75, 3.05) is 18.5 Å². The molecule has 9 nitrogen and oxygen atoms in total. The lowest BCUT2D eigenvalue weighted by Gasteiger charge is -2.33. The normalized spacial score (nSPS) is 13.3. The molecular formula is C29H32ClN5O4. The fraction of sp³-hybridized carbons (Fsp3) is 0.345. The largest absolute Gasteiger partial charge is 0.493 e. The summed E-state index contributed by atoms with van der Waals surface area (Å²) in [5, 5.41) is 13.4. The van der Waals surface area contributed by atoms with Gasteiger partial charge >= 0.3 is 6.09 Å². The summed E-state index contributed by atoms with van der Waals surface area (Å²) in [6.07, 6.45) is 4.89. The molecule has 1 aliphatic rings. The highest BCUT2D eigenvalue weighted by atomic mass is 35.5. The van der Waals surface area contributed by atoms with Gasteiger partial charge in [0.05, 0.1) is 17.1 Å². The molecule has 0 saturated heterocycles. The molecule has 0 spiro atoms. The molecule has 2 aromatic heterocycles. The van der Waals surface area contributed by atoms with Crippen molar-refractivity contribution in [3.8, 4) is 17.2 Å². The highest BCUT2D eigenvalue weighted by Crippen LogP contribution is 2.35. The molecule has 0 unspecified atom stereocenters. The van der Waals surface area contributed by atoms with Crippen LogP contribution in [0.25, 0.3) is 11.0 Å². The van der Waals surface area contributed by atoms with Gasteiger partial charge in [0.25, 0.3) is 0 Å². The molecule has 0 radical (unpaired) electrons. The van der Waals surface area contributed by atoms with Crippen LogP contribution in [0.15, 0.2) is 61.1 Å². The number of hydrogen-bond donors (Lipinski definition) is 2. The van der Waals surface area contributed by atoms with E-state index in [9.17, 15) is 9.90 Å². The van der Waals surface area contributed by atoms with Crippen molar-refractivity contribution in [1.82, 2.24) is 19.4 Å². The second-order valence-corrected chi connectivity index (χ2v) is 11.1. The number of benzene rings is 2. The van der Waals surface area contributed by atoms with Gasteiger partial charge in [0, 0.05) is 36.6 Å². The minimum absolute atomic E-state index is 0.321. The first kappa shape index (κ1) is 26.6. The second kappa shape index (κ2) is 11.0. The Bertz CT molecular complexity index is 1480. The quantitative estimate of drug-likeness (QED) is 0.216. The minimum Gasteiger partial charge on any atom is -0.493 e. The number of hydrogen-bond acceptors (Lipinski definition) is 6. The summed E-state index contributed by atoms with van der Waals surface area (Å²) >= 11 is 6.59. The Morgan fingerprint density at radius 2 is 1.95 bits per heavy atom. The summed E-state index contributed by atoms with van der Waals surface area (Å²) in [4.78, 5) is 22.0. The van der Waals surface area contributed by atoms with Crippen molar-refractivity contribution in [2.24, 2.45) is 5.92 Å². The van der Waals surface area contributed by atoms with E-state index in [4.69, 9.17) is 21.1 Å². The lowest BCUT2D eigenvalue weighted by molar-refractivity contribution is 0.0981. The molecule has 39 heavy (non-hydrogen) atoms. The molecular weight excluding hydrogens is 518 g/mol. The van der Waals surface area contributed by atoms with Gasteiger partial charge < -0.3 is 29.4 Å². The molecule has 0 atom stereocenters. The average molecular weight is 550 g/mol.